The zero-order valence-electron chi connectivity index (χ0n) is 16.7. The Kier molecular flexibility index (Phi) is 7.69. The summed E-state index contributed by atoms with van der Waals surface area (Å²) in [5.41, 5.74) is 3.49. The summed E-state index contributed by atoms with van der Waals surface area (Å²) in [5.74, 6) is 2.06. The number of benzene rings is 2. The molecule has 1 atom stereocenters. The van der Waals surface area contributed by atoms with Crippen LogP contribution in [-0.4, -0.2) is 24.7 Å². The third-order valence-electron chi connectivity index (χ3n) is 5.37. The van der Waals surface area contributed by atoms with E-state index >= 15 is 0 Å². The molecule has 3 rings (SSSR count). The van der Waals surface area contributed by atoms with Crippen molar-refractivity contribution in [2.45, 2.75) is 38.5 Å². The molecule has 1 aliphatic heterocycles. The first-order valence-corrected chi connectivity index (χ1v) is 11.5. The summed E-state index contributed by atoms with van der Waals surface area (Å²) in [5, 5.41) is 3.85. The lowest BCUT2D eigenvalue weighted by atomic mass is 9.98. The maximum Gasteiger partial charge on any atom is 0.230 e. The maximum atomic E-state index is 12.3. The Labute approximate surface area is 177 Å². The Bertz CT molecular complexity index is 772. The van der Waals surface area contributed by atoms with Gasteiger partial charge in [0.1, 0.15) is 0 Å². The SMILES string of the molecule is CC1CCN(c2ccc(C(C)NC(=O)CSCc3ccccc3Cl)cc2)CC1. The van der Waals surface area contributed by atoms with E-state index in [9.17, 15) is 4.79 Å². The number of carbonyl (C=O) groups is 1. The molecule has 0 aromatic heterocycles. The van der Waals surface area contributed by atoms with E-state index < -0.39 is 0 Å². The van der Waals surface area contributed by atoms with E-state index in [1.807, 2.05) is 31.2 Å². The van der Waals surface area contributed by atoms with E-state index in [-0.39, 0.29) is 11.9 Å². The van der Waals surface area contributed by atoms with Gasteiger partial charge in [0.15, 0.2) is 0 Å². The van der Waals surface area contributed by atoms with Gasteiger partial charge in [-0.3, -0.25) is 4.79 Å². The molecule has 0 bridgehead atoms. The van der Waals surface area contributed by atoms with Gasteiger partial charge in [-0.2, -0.15) is 0 Å². The number of halogens is 1. The second-order valence-corrected chi connectivity index (χ2v) is 9.03. The highest BCUT2D eigenvalue weighted by molar-refractivity contribution is 7.99. The number of anilines is 1. The van der Waals surface area contributed by atoms with Gasteiger partial charge in [0.2, 0.25) is 5.91 Å². The van der Waals surface area contributed by atoms with Gasteiger partial charge in [-0.05, 0) is 55.0 Å². The molecular formula is C23H29ClN2OS. The van der Waals surface area contributed by atoms with Crippen LogP contribution < -0.4 is 10.2 Å². The van der Waals surface area contributed by atoms with E-state index in [2.05, 4.69) is 41.4 Å². The lowest BCUT2D eigenvalue weighted by Gasteiger charge is -2.32. The number of piperidine rings is 1. The van der Waals surface area contributed by atoms with Crippen LogP contribution in [0.1, 0.15) is 43.9 Å². The molecule has 2 aromatic rings. The van der Waals surface area contributed by atoms with Crippen molar-refractivity contribution in [3.05, 3.63) is 64.7 Å². The highest BCUT2D eigenvalue weighted by Crippen LogP contribution is 2.25. The Morgan fingerprint density at radius 1 is 1.18 bits per heavy atom. The molecular weight excluding hydrogens is 388 g/mol. The fraction of sp³-hybridized carbons (Fsp3) is 0.435. The highest BCUT2D eigenvalue weighted by Gasteiger charge is 2.16. The molecule has 1 aliphatic rings. The second-order valence-electron chi connectivity index (χ2n) is 7.63. The summed E-state index contributed by atoms with van der Waals surface area (Å²) >= 11 is 7.75. The van der Waals surface area contributed by atoms with Crippen LogP contribution in [0.3, 0.4) is 0 Å². The highest BCUT2D eigenvalue weighted by atomic mass is 35.5. The second kappa shape index (κ2) is 10.2. The van der Waals surface area contributed by atoms with E-state index in [0.717, 1.165) is 40.9 Å². The Hall–Kier alpha value is -1.65. The maximum absolute atomic E-state index is 12.3. The summed E-state index contributed by atoms with van der Waals surface area (Å²) in [4.78, 5) is 14.7. The predicted molar refractivity (Wildman–Crippen MR) is 121 cm³/mol. The van der Waals surface area contributed by atoms with Gasteiger partial charge in [-0.15, -0.1) is 11.8 Å². The average molecular weight is 417 g/mol. The van der Waals surface area contributed by atoms with Gasteiger partial charge in [0.05, 0.1) is 11.8 Å². The monoisotopic (exact) mass is 416 g/mol. The standard InChI is InChI=1S/C23H29ClN2OS/c1-17-11-13-26(14-12-17)21-9-7-19(8-10-21)18(2)25-23(27)16-28-15-20-5-3-4-6-22(20)24/h3-10,17-18H,11-16H2,1-2H3,(H,25,27). The number of thioether (sulfide) groups is 1. The minimum Gasteiger partial charge on any atom is -0.372 e. The van der Waals surface area contributed by atoms with Crippen molar-refractivity contribution >= 4 is 35.0 Å². The molecule has 1 saturated heterocycles. The number of hydrogen-bond donors (Lipinski definition) is 1. The first kappa shape index (κ1) is 21.1. The smallest absolute Gasteiger partial charge is 0.230 e. The van der Waals surface area contributed by atoms with Crippen LogP contribution >= 0.6 is 23.4 Å². The molecule has 1 heterocycles. The summed E-state index contributed by atoms with van der Waals surface area (Å²) in [6, 6.07) is 16.4. The zero-order chi connectivity index (χ0) is 19.9. The number of carbonyl (C=O) groups excluding carboxylic acids is 1. The zero-order valence-corrected chi connectivity index (χ0v) is 18.2. The third-order valence-corrected chi connectivity index (χ3v) is 6.72. The minimum absolute atomic E-state index is 0.00356. The van der Waals surface area contributed by atoms with Crippen LogP contribution in [0.25, 0.3) is 0 Å². The van der Waals surface area contributed by atoms with E-state index in [1.54, 1.807) is 11.8 Å². The van der Waals surface area contributed by atoms with Crippen LogP contribution in [0.4, 0.5) is 5.69 Å². The summed E-state index contributed by atoms with van der Waals surface area (Å²) < 4.78 is 0. The van der Waals surface area contributed by atoms with E-state index in [0.29, 0.717) is 5.75 Å². The Balaban J connectivity index is 1.45. The Morgan fingerprint density at radius 3 is 2.54 bits per heavy atom. The molecule has 2 aromatic carbocycles. The van der Waals surface area contributed by atoms with Crippen molar-refractivity contribution in [2.75, 3.05) is 23.7 Å². The van der Waals surface area contributed by atoms with E-state index in [1.165, 1.54) is 18.5 Å². The minimum atomic E-state index is 0.00356. The lowest BCUT2D eigenvalue weighted by Crippen LogP contribution is -2.32. The molecule has 150 valence electrons. The molecule has 28 heavy (non-hydrogen) atoms. The fourth-order valence-corrected chi connectivity index (χ4v) is 4.60. The molecule has 5 heteroatoms. The van der Waals surface area contributed by atoms with Crippen LogP contribution in [0.5, 0.6) is 0 Å². The van der Waals surface area contributed by atoms with Crippen LogP contribution in [0.15, 0.2) is 48.5 Å². The molecule has 0 aliphatic carbocycles. The van der Waals surface area contributed by atoms with Crippen molar-refractivity contribution < 1.29 is 4.79 Å². The van der Waals surface area contributed by atoms with Gasteiger partial charge in [-0.1, -0.05) is 48.9 Å². The lowest BCUT2D eigenvalue weighted by molar-refractivity contribution is -0.119. The Morgan fingerprint density at radius 2 is 1.86 bits per heavy atom. The molecule has 1 fully saturated rings. The molecule has 0 radical (unpaired) electrons. The number of rotatable bonds is 7. The van der Waals surface area contributed by atoms with Crippen LogP contribution in [0, 0.1) is 5.92 Å². The van der Waals surface area contributed by atoms with Crippen molar-refractivity contribution in [3.63, 3.8) is 0 Å². The first-order chi connectivity index (χ1) is 13.5. The predicted octanol–water partition coefficient (Wildman–Crippen LogP) is 5.69. The third kappa shape index (κ3) is 5.92. The largest absolute Gasteiger partial charge is 0.372 e. The van der Waals surface area contributed by atoms with Crippen LogP contribution in [0.2, 0.25) is 5.02 Å². The summed E-state index contributed by atoms with van der Waals surface area (Å²) in [7, 11) is 0. The van der Waals surface area contributed by atoms with Gasteiger partial charge in [0, 0.05) is 29.6 Å². The molecule has 1 N–H and O–H groups in total. The quantitative estimate of drug-likeness (QED) is 0.629. The normalized spacial score (nSPS) is 16.0. The van der Waals surface area contributed by atoms with Crippen molar-refractivity contribution in [2.24, 2.45) is 5.92 Å². The van der Waals surface area contributed by atoms with Crippen molar-refractivity contribution in [1.29, 1.82) is 0 Å². The molecule has 1 unspecified atom stereocenters. The van der Waals surface area contributed by atoms with Crippen molar-refractivity contribution in [1.82, 2.24) is 5.32 Å². The molecule has 0 saturated carbocycles. The summed E-state index contributed by atoms with van der Waals surface area (Å²) in [6.45, 7) is 6.64. The molecule has 3 nitrogen and oxygen atoms in total. The number of nitrogens with zero attached hydrogens (tertiary/aromatic N) is 1. The topological polar surface area (TPSA) is 32.3 Å². The van der Waals surface area contributed by atoms with E-state index in [4.69, 9.17) is 11.6 Å². The first-order valence-electron chi connectivity index (χ1n) is 9.98. The average Bonchev–Trinajstić information content (AvgIpc) is 2.70. The van der Waals surface area contributed by atoms with Crippen molar-refractivity contribution in [3.8, 4) is 0 Å². The fourth-order valence-electron chi connectivity index (χ4n) is 3.48. The number of hydrogen-bond acceptors (Lipinski definition) is 3. The molecule has 1 amide bonds. The summed E-state index contributed by atoms with van der Waals surface area (Å²) in [6.07, 6.45) is 2.53. The van der Waals surface area contributed by atoms with Gasteiger partial charge in [0.25, 0.3) is 0 Å². The van der Waals surface area contributed by atoms with Gasteiger partial charge >= 0.3 is 0 Å². The van der Waals surface area contributed by atoms with Gasteiger partial charge in [-0.25, -0.2) is 0 Å². The van der Waals surface area contributed by atoms with Crippen LogP contribution in [-0.2, 0) is 10.5 Å². The number of amides is 1. The molecule has 0 spiro atoms. The number of nitrogens with one attached hydrogen (secondary N) is 1. The van der Waals surface area contributed by atoms with Gasteiger partial charge < -0.3 is 10.2 Å².